The molecule has 0 aliphatic carbocycles. The minimum atomic E-state index is -4.70. The smallest absolute Gasteiger partial charge is 0.272 e. The van der Waals surface area contributed by atoms with Crippen LogP contribution in [0.15, 0.2) is 59.7 Å². The Bertz CT molecular complexity index is 1190. The summed E-state index contributed by atoms with van der Waals surface area (Å²) in [7, 11) is 0. The first-order valence-corrected chi connectivity index (χ1v) is 9.28. The minimum Gasteiger partial charge on any atom is -0.272 e. The Hall–Kier alpha value is -4.15. The molecule has 1 heterocycles. The highest BCUT2D eigenvalue weighted by Crippen LogP contribution is 2.34. The van der Waals surface area contributed by atoms with Gasteiger partial charge in [-0.3, -0.25) is 30.4 Å². The third kappa shape index (κ3) is 4.94. The standard InChI is InChI=1S/C21H18F3N5O3/c1-13-10-16(14(2)28(13)27-20(30)15-6-4-3-5-7-15)12-25-26-18-9-8-17(21(22,23)24)11-19(18)29(31)32/h3-12,26H,1-2H3,(H,27,30)/b25-12+. The molecule has 0 fully saturated rings. The van der Waals surface area contributed by atoms with Crippen molar-refractivity contribution < 1.29 is 22.9 Å². The lowest BCUT2D eigenvalue weighted by Crippen LogP contribution is -2.24. The van der Waals surface area contributed by atoms with E-state index in [1.807, 2.05) is 0 Å². The van der Waals surface area contributed by atoms with Gasteiger partial charge in [0.1, 0.15) is 5.69 Å². The summed E-state index contributed by atoms with van der Waals surface area (Å²) < 4.78 is 40.0. The second-order valence-electron chi connectivity index (χ2n) is 6.83. The number of nitrogens with zero attached hydrogens (tertiary/aromatic N) is 3. The molecule has 8 nitrogen and oxygen atoms in total. The van der Waals surface area contributed by atoms with Gasteiger partial charge in [-0.25, -0.2) is 0 Å². The van der Waals surface area contributed by atoms with E-state index in [4.69, 9.17) is 0 Å². The summed E-state index contributed by atoms with van der Waals surface area (Å²) in [5.41, 5.74) is 5.52. The van der Waals surface area contributed by atoms with Crippen LogP contribution in [0, 0.1) is 24.0 Å². The minimum absolute atomic E-state index is 0.189. The summed E-state index contributed by atoms with van der Waals surface area (Å²) in [6.07, 6.45) is -3.34. The molecule has 0 bridgehead atoms. The Morgan fingerprint density at radius 2 is 1.81 bits per heavy atom. The number of hydrogen-bond donors (Lipinski definition) is 2. The lowest BCUT2D eigenvalue weighted by Gasteiger charge is -2.11. The molecular formula is C21H18F3N5O3. The van der Waals surface area contributed by atoms with Crippen molar-refractivity contribution in [1.29, 1.82) is 0 Å². The Morgan fingerprint density at radius 3 is 2.44 bits per heavy atom. The molecular weight excluding hydrogens is 427 g/mol. The zero-order valence-electron chi connectivity index (χ0n) is 17.0. The van der Waals surface area contributed by atoms with E-state index in [0.717, 1.165) is 12.1 Å². The van der Waals surface area contributed by atoms with Gasteiger partial charge in [0.25, 0.3) is 11.6 Å². The lowest BCUT2D eigenvalue weighted by molar-refractivity contribution is -0.384. The number of aromatic nitrogens is 1. The van der Waals surface area contributed by atoms with Gasteiger partial charge < -0.3 is 0 Å². The van der Waals surface area contributed by atoms with Gasteiger partial charge in [-0.15, -0.1) is 0 Å². The number of carbonyl (C=O) groups excluding carboxylic acids is 1. The van der Waals surface area contributed by atoms with E-state index in [9.17, 15) is 28.1 Å². The van der Waals surface area contributed by atoms with Crippen molar-refractivity contribution in [2.45, 2.75) is 20.0 Å². The number of nitro benzene ring substituents is 1. The molecule has 2 aromatic carbocycles. The molecule has 0 aliphatic rings. The molecule has 0 radical (unpaired) electrons. The number of anilines is 1. The highest BCUT2D eigenvalue weighted by Gasteiger charge is 2.33. The number of amides is 1. The van der Waals surface area contributed by atoms with Gasteiger partial charge in [-0.2, -0.15) is 18.3 Å². The quantitative estimate of drug-likeness (QED) is 0.321. The van der Waals surface area contributed by atoms with Gasteiger partial charge in [0.05, 0.1) is 16.7 Å². The van der Waals surface area contributed by atoms with E-state index in [2.05, 4.69) is 16.0 Å². The second-order valence-corrected chi connectivity index (χ2v) is 6.83. The number of hydrazone groups is 1. The molecule has 0 saturated carbocycles. The van der Waals surface area contributed by atoms with E-state index in [0.29, 0.717) is 28.6 Å². The monoisotopic (exact) mass is 445 g/mol. The van der Waals surface area contributed by atoms with Crippen molar-refractivity contribution in [3.05, 3.63) is 92.8 Å². The van der Waals surface area contributed by atoms with Crippen LogP contribution in [0.2, 0.25) is 0 Å². The Balaban J connectivity index is 1.79. The zero-order valence-corrected chi connectivity index (χ0v) is 17.0. The van der Waals surface area contributed by atoms with Gasteiger partial charge >= 0.3 is 6.18 Å². The summed E-state index contributed by atoms with van der Waals surface area (Å²) in [5, 5.41) is 15.1. The van der Waals surface area contributed by atoms with Crippen molar-refractivity contribution in [3.8, 4) is 0 Å². The van der Waals surface area contributed by atoms with Crippen LogP contribution in [0.5, 0.6) is 0 Å². The van der Waals surface area contributed by atoms with Crippen molar-refractivity contribution in [2.24, 2.45) is 5.10 Å². The van der Waals surface area contributed by atoms with Gasteiger partial charge in [-0.05, 0) is 44.2 Å². The van der Waals surface area contributed by atoms with Crippen LogP contribution in [0.1, 0.15) is 32.9 Å². The van der Waals surface area contributed by atoms with Crippen LogP contribution >= 0.6 is 0 Å². The highest BCUT2D eigenvalue weighted by molar-refractivity contribution is 6.00. The number of hydrogen-bond acceptors (Lipinski definition) is 5. The van der Waals surface area contributed by atoms with Crippen LogP contribution < -0.4 is 10.9 Å². The summed E-state index contributed by atoms with van der Waals surface area (Å²) in [5.74, 6) is -0.311. The molecule has 166 valence electrons. The fourth-order valence-electron chi connectivity index (χ4n) is 2.97. The van der Waals surface area contributed by atoms with Crippen LogP contribution in [0.25, 0.3) is 0 Å². The van der Waals surface area contributed by atoms with E-state index in [1.54, 1.807) is 54.9 Å². The molecule has 3 aromatic rings. The Kier molecular flexibility index (Phi) is 6.28. The Labute approximate surface area is 180 Å². The van der Waals surface area contributed by atoms with E-state index in [1.165, 1.54) is 6.21 Å². The summed E-state index contributed by atoms with van der Waals surface area (Å²) in [6, 6.07) is 12.5. The number of rotatable bonds is 6. The SMILES string of the molecule is Cc1cc(/C=N/Nc2ccc(C(F)(F)F)cc2[N+](=O)[O-])c(C)n1NC(=O)c1ccccc1. The number of alkyl halides is 3. The molecule has 0 unspecified atom stereocenters. The number of carbonyl (C=O) groups is 1. The predicted molar refractivity (Wildman–Crippen MR) is 113 cm³/mol. The average molecular weight is 445 g/mol. The van der Waals surface area contributed by atoms with Crippen molar-refractivity contribution >= 4 is 23.5 Å². The van der Waals surface area contributed by atoms with Gasteiger partial charge in [0.2, 0.25) is 0 Å². The largest absolute Gasteiger partial charge is 0.416 e. The number of halogens is 3. The topological polar surface area (TPSA) is 102 Å². The number of aryl methyl sites for hydroxylation is 1. The molecule has 0 aliphatic heterocycles. The van der Waals surface area contributed by atoms with Crippen LogP contribution in [0.3, 0.4) is 0 Å². The molecule has 0 spiro atoms. The number of benzene rings is 2. The summed E-state index contributed by atoms with van der Waals surface area (Å²) >= 11 is 0. The van der Waals surface area contributed by atoms with Crippen LogP contribution in [0.4, 0.5) is 24.5 Å². The summed E-state index contributed by atoms with van der Waals surface area (Å²) in [6.45, 7) is 3.50. The molecule has 3 rings (SSSR count). The normalized spacial score (nSPS) is 11.5. The molecule has 1 amide bonds. The van der Waals surface area contributed by atoms with Gasteiger partial charge in [-0.1, -0.05) is 18.2 Å². The fraction of sp³-hybridized carbons (Fsp3) is 0.143. The molecule has 11 heteroatoms. The van der Waals surface area contributed by atoms with Crippen LogP contribution in [-0.4, -0.2) is 21.7 Å². The average Bonchev–Trinajstić information content (AvgIpc) is 3.01. The molecule has 32 heavy (non-hydrogen) atoms. The molecule has 0 saturated heterocycles. The Morgan fingerprint density at radius 1 is 1.12 bits per heavy atom. The third-order valence-electron chi connectivity index (χ3n) is 4.63. The number of nitro groups is 1. The van der Waals surface area contributed by atoms with E-state index in [-0.39, 0.29) is 11.6 Å². The van der Waals surface area contributed by atoms with E-state index >= 15 is 0 Å². The zero-order chi connectivity index (χ0) is 23.5. The molecule has 2 N–H and O–H groups in total. The van der Waals surface area contributed by atoms with Gasteiger partial charge in [0.15, 0.2) is 0 Å². The maximum Gasteiger partial charge on any atom is 0.416 e. The molecule has 1 aromatic heterocycles. The second kappa shape index (κ2) is 8.92. The third-order valence-corrected chi connectivity index (χ3v) is 4.63. The first-order chi connectivity index (χ1) is 15.1. The van der Waals surface area contributed by atoms with Crippen molar-refractivity contribution in [1.82, 2.24) is 4.68 Å². The predicted octanol–water partition coefficient (Wildman–Crippen LogP) is 4.86. The fourth-order valence-corrected chi connectivity index (χ4v) is 2.97. The summed E-state index contributed by atoms with van der Waals surface area (Å²) in [4.78, 5) is 22.6. The lowest BCUT2D eigenvalue weighted by atomic mass is 10.1. The maximum absolute atomic E-state index is 12.8. The van der Waals surface area contributed by atoms with Crippen LogP contribution in [-0.2, 0) is 6.18 Å². The van der Waals surface area contributed by atoms with Gasteiger partial charge in [0, 0.05) is 28.6 Å². The first-order valence-electron chi connectivity index (χ1n) is 9.28. The molecule has 0 atom stereocenters. The first kappa shape index (κ1) is 22.5. The van der Waals surface area contributed by atoms with E-state index < -0.39 is 22.4 Å². The highest BCUT2D eigenvalue weighted by atomic mass is 19.4. The van der Waals surface area contributed by atoms with Crippen molar-refractivity contribution in [3.63, 3.8) is 0 Å². The number of nitrogens with one attached hydrogen (secondary N) is 2. The maximum atomic E-state index is 12.8. The van der Waals surface area contributed by atoms with Crippen molar-refractivity contribution in [2.75, 3.05) is 10.9 Å².